The van der Waals surface area contributed by atoms with Crippen molar-refractivity contribution in [2.45, 2.75) is 6.42 Å². The van der Waals surface area contributed by atoms with Crippen molar-refractivity contribution < 1.29 is 45.1 Å². The summed E-state index contributed by atoms with van der Waals surface area (Å²) in [5, 5.41) is 0. The average Bonchev–Trinajstić information content (AvgIpc) is 3.08. The van der Waals surface area contributed by atoms with Crippen LogP contribution in [0.3, 0.4) is 0 Å². The molecule has 0 atom stereocenters. The number of ether oxygens (including phenoxy) is 2. The van der Waals surface area contributed by atoms with E-state index in [0.29, 0.717) is 6.54 Å². The normalized spacial score (nSPS) is 17.2. The Kier molecular flexibility index (Phi) is 0.879. The van der Waals surface area contributed by atoms with Crippen LogP contribution in [0.1, 0.15) is 41.2 Å². The smallest absolute Gasteiger partial charge is 0.160 e. The molecule has 0 fully saturated rings. The highest BCUT2D eigenvalue weighted by molar-refractivity contribution is 5.42. The molecule has 0 aromatic heterocycles. The summed E-state index contributed by atoms with van der Waals surface area (Å²) in [6.07, 6.45) is 0.861. The Morgan fingerprint density at radius 2 is 2.00 bits per heavy atom. The minimum Gasteiger partial charge on any atom is -0.493 e. The lowest BCUT2D eigenvalue weighted by atomic mass is 10.1. The molecule has 96 valence electrons. The highest BCUT2D eigenvalue weighted by Gasteiger charge is 2.03. The van der Waals surface area contributed by atoms with Gasteiger partial charge in [0.05, 0.1) is 14.2 Å². The number of hydrogen-bond donors (Lipinski definition) is 1. The van der Waals surface area contributed by atoms with Gasteiger partial charge in [0.2, 0.25) is 0 Å². The fourth-order valence-corrected chi connectivity index (χ4v) is 1.20. The molecule has 0 aliphatic rings. The Labute approximate surface area is 115 Å². The maximum Gasteiger partial charge on any atom is 0.160 e. The molecule has 3 heteroatoms. The molecule has 0 radical (unpaired) electrons. The van der Waals surface area contributed by atoms with E-state index in [0.717, 1.165) is 17.9 Å². The molecule has 3 nitrogen and oxygen atoms in total. The molecule has 0 amide bonds. The largest absolute Gasteiger partial charge is 0.493 e. The topological polar surface area (TPSA) is 44.5 Å². The minimum absolute atomic E-state index is 0.648. The standard InChI is InChI=1S/C10H15NO2.12H2/c1-12-9-4-3-8(5-6-11)7-10(9)13-2;;;;;;;;;;;;/h3-4,7H,5-6,11H2,1-2H3;12*1H/i;12*1+1D. The first-order chi connectivity index (χ1) is 18.3. The van der Waals surface area contributed by atoms with Gasteiger partial charge in [0.25, 0.3) is 0 Å². The molecule has 0 unspecified atom stereocenters. The van der Waals surface area contributed by atoms with Crippen LogP contribution >= 0.6 is 0 Å². The first-order valence-corrected chi connectivity index (χ1v) is 4.22. The highest BCUT2D eigenvalue weighted by Crippen LogP contribution is 2.27. The molecule has 13 heavy (non-hydrogen) atoms. The molecule has 1 aromatic rings. The summed E-state index contributed by atoms with van der Waals surface area (Å²) < 4.78 is 130. The first kappa shape index (κ1) is 2.42. The molecular weight excluding hydrogens is 166 g/mol. The van der Waals surface area contributed by atoms with E-state index in [-0.39, 0.29) is 0 Å². The van der Waals surface area contributed by atoms with Crippen molar-refractivity contribution in [3.8, 4) is 11.5 Å². The van der Waals surface area contributed by atoms with E-state index in [9.17, 15) is 0 Å². The van der Waals surface area contributed by atoms with Gasteiger partial charge in [-0.3, -0.25) is 0 Å². The Morgan fingerprint density at radius 3 is 2.54 bits per heavy atom. The summed E-state index contributed by atoms with van der Waals surface area (Å²) in [4.78, 5) is 0. The zero-order valence-electron chi connectivity index (χ0n) is 32.0. The Bertz CT molecular complexity index is 308. The summed E-state index contributed by atoms with van der Waals surface area (Å²) in [7, 11) is 3.25. The van der Waals surface area contributed by atoms with Gasteiger partial charge < -0.3 is 15.2 Å². The number of methoxy groups -OCH3 is 2. The lowest BCUT2D eigenvalue weighted by Crippen LogP contribution is -2.03. The van der Waals surface area contributed by atoms with Crippen LogP contribution in [-0.4, -0.2) is 20.8 Å². The molecule has 1 rings (SSSR count). The van der Waals surface area contributed by atoms with E-state index in [2.05, 4.69) is 0 Å². The van der Waals surface area contributed by atoms with E-state index < -0.39 is 0 Å². The zero-order chi connectivity index (χ0) is 33.7. The minimum atomic E-state index is 0.648. The Hall–Kier alpha value is -1.22. The van der Waals surface area contributed by atoms with Gasteiger partial charge in [-0.25, -0.2) is 0 Å². The van der Waals surface area contributed by atoms with Gasteiger partial charge in [-0.1, -0.05) is 6.07 Å². The third kappa shape index (κ3) is 2.36. The second-order valence-corrected chi connectivity index (χ2v) is 2.73. The molecule has 0 aliphatic heterocycles. The fraction of sp³-hybridized carbons (Fsp3) is 0.400. The van der Waals surface area contributed by atoms with E-state index >= 15 is 0 Å². The lowest BCUT2D eigenvalue weighted by molar-refractivity contribution is 0.354. The molecule has 0 bridgehead atoms. The molecule has 0 spiro atoms. The molecule has 0 heterocycles. The maximum atomic E-state index is 5.45. The third-order valence-corrected chi connectivity index (χ3v) is 1.88. The van der Waals surface area contributed by atoms with Gasteiger partial charge in [-0.15, -0.1) is 0 Å². The summed E-state index contributed by atoms with van der Waals surface area (Å²) in [6.45, 7) is 0.648. The molecule has 0 aliphatic carbocycles. The van der Waals surface area contributed by atoms with Crippen LogP contribution in [0.5, 0.6) is 11.5 Å². The molecule has 0 saturated heterocycles. The van der Waals surface area contributed by atoms with Crippen LogP contribution in [0.4, 0.5) is 0 Å². The zero-order valence-corrected chi connectivity index (χ0v) is 8.04. The number of rotatable bonds is 4. The SMILES string of the molecule is COc1ccc(CCN)cc1OC.[2H][2H].[2H][2H].[2H][2H].[2H][2H].[2H][2H].[2H][2H].[2H][2H].[2H][2H].[2H][2H].[2H][2H].[2H][2H].[2H][2H]. The van der Waals surface area contributed by atoms with Crippen LogP contribution in [0, 0.1) is 0 Å². The first-order valence-electron chi connectivity index (χ1n) is 16.2. The van der Waals surface area contributed by atoms with Crippen LogP contribution in [-0.2, 0) is 6.42 Å². The molecule has 2 N–H and O–H groups in total. The third-order valence-electron chi connectivity index (χ3n) is 1.88. The van der Waals surface area contributed by atoms with E-state index in [1.807, 2.05) is 18.2 Å². The van der Waals surface area contributed by atoms with E-state index in [4.69, 9.17) is 50.8 Å². The summed E-state index contributed by atoms with van der Waals surface area (Å²) in [5.74, 6) is 1.51. The van der Waals surface area contributed by atoms with Crippen molar-refractivity contribution in [2.24, 2.45) is 5.73 Å². The van der Waals surface area contributed by atoms with Gasteiger partial charge in [-0.2, -0.15) is 0 Å². The van der Waals surface area contributed by atoms with Gasteiger partial charge >= 0.3 is 0 Å². The van der Waals surface area contributed by atoms with Gasteiger partial charge in [-0.05, 0) is 30.7 Å². The maximum absolute atomic E-state index is 5.45. The van der Waals surface area contributed by atoms with Crippen molar-refractivity contribution >= 4 is 0 Å². The van der Waals surface area contributed by atoms with Crippen molar-refractivity contribution in [1.82, 2.24) is 0 Å². The summed E-state index contributed by atoms with van der Waals surface area (Å²) in [5.41, 5.74) is 6.62. The summed E-state index contributed by atoms with van der Waals surface area (Å²) in [6, 6.07) is 5.84. The molecular formula is C10H39NO2. The van der Waals surface area contributed by atoms with Crippen molar-refractivity contribution in [3.63, 3.8) is 0 Å². The number of hydrogen-bond acceptors (Lipinski definition) is 3. The highest BCUT2D eigenvalue weighted by atomic mass is 16.5. The predicted octanol–water partition coefficient (Wildman–Crippen LogP) is 4.16. The van der Waals surface area contributed by atoms with Gasteiger partial charge in [0.1, 0.15) is 0 Å². The Balaban J connectivity index is -0.0000000221. The monoisotopic (exact) mass is 229 g/mol. The van der Waals surface area contributed by atoms with Crippen molar-refractivity contribution in [2.75, 3.05) is 20.8 Å². The fourth-order valence-electron chi connectivity index (χ4n) is 1.20. The van der Waals surface area contributed by atoms with Crippen molar-refractivity contribution in [1.29, 1.82) is 0 Å². The predicted molar refractivity (Wildman–Crippen MR) is 77.7 cm³/mol. The van der Waals surface area contributed by atoms with Gasteiger partial charge in [0, 0.05) is 35.6 Å². The average molecular weight is 230 g/mol. The van der Waals surface area contributed by atoms with E-state index in [1.165, 1.54) is 5.56 Å². The van der Waals surface area contributed by atoms with Crippen LogP contribution in [0.2, 0.25) is 0 Å². The second-order valence-electron chi connectivity index (χ2n) is 2.73. The molecule has 0 saturated carbocycles. The number of benzene rings is 1. The second kappa shape index (κ2) is 4.72. The number of nitrogens with two attached hydrogens (primary N) is 1. The van der Waals surface area contributed by atoms with Crippen LogP contribution in [0.25, 0.3) is 0 Å². The van der Waals surface area contributed by atoms with Crippen LogP contribution in [0.15, 0.2) is 18.2 Å². The van der Waals surface area contributed by atoms with Crippen LogP contribution < -0.4 is 15.2 Å². The van der Waals surface area contributed by atoms with Crippen molar-refractivity contribution in [3.05, 3.63) is 23.8 Å². The van der Waals surface area contributed by atoms with E-state index in [1.54, 1.807) is 14.2 Å². The van der Waals surface area contributed by atoms with Gasteiger partial charge in [0.15, 0.2) is 11.5 Å². The quantitative estimate of drug-likeness (QED) is 0.843. The molecule has 1 aromatic carbocycles. The lowest BCUT2D eigenvalue weighted by Gasteiger charge is -2.08. The summed E-state index contributed by atoms with van der Waals surface area (Å²) >= 11 is 0. The Morgan fingerprint density at radius 1 is 1.31 bits per heavy atom.